The molecule has 0 spiro atoms. The number of hydrogen-bond donors (Lipinski definition) is 0. The van der Waals surface area contributed by atoms with Gasteiger partial charge in [-0.1, -0.05) is 50.6 Å². The molecule has 1 aliphatic carbocycles. The van der Waals surface area contributed by atoms with E-state index in [1.165, 1.54) is 22.3 Å². The van der Waals surface area contributed by atoms with Crippen LogP contribution in [0.15, 0.2) is 41.5 Å². The average molecular weight is 240 g/mol. The zero-order valence-electron chi connectivity index (χ0n) is 11.2. The molecule has 0 aromatic heterocycles. The van der Waals surface area contributed by atoms with E-state index in [9.17, 15) is 4.79 Å². The minimum absolute atomic E-state index is 0.228. The van der Waals surface area contributed by atoms with Crippen molar-refractivity contribution >= 4 is 11.9 Å². The summed E-state index contributed by atoms with van der Waals surface area (Å²) in [5, 5.41) is 0. The van der Waals surface area contributed by atoms with Crippen LogP contribution in [0.4, 0.5) is 0 Å². The summed E-state index contributed by atoms with van der Waals surface area (Å²) in [7, 11) is 0. The number of hydrogen-bond acceptors (Lipinski definition) is 1. The fourth-order valence-electron chi connectivity index (χ4n) is 2.38. The third kappa shape index (κ3) is 2.79. The first-order chi connectivity index (χ1) is 8.74. The van der Waals surface area contributed by atoms with Crippen LogP contribution in [0.3, 0.4) is 0 Å². The molecule has 0 aliphatic heterocycles. The Morgan fingerprint density at radius 1 is 1.28 bits per heavy atom. The van der Waals surface area contributed by atoms with Gasteiger partial charge in [0.25, 0.3) is 0 Å². The number of benzene rings is 1. The molecule has 1 nitrogen and oxygen atoms in total. The van der Waals surface area contributed by atoms with Gasteiger partial charge in [-0.05, 0) is 41.2 Å². The number of rotatable bonds is 4. The molecule has 0 saturated heterocycles. The van der Waals surface area contributed by atoms with Crippen LogP contribution in [0.25, 0.3) is 6.08 Å². The molecule has 18 heavy (non-hydrogen) atoms. The number of fused-ring (bicyclic) bond motifs is 1. The van der Waals surface area contributed by atoms with E-state index in [1.54, 1.807) is 0 Å². The second-order valence-corrected chi connectivity index (χ2v) is 4.78. The molecule has 2 rings (SSSR count). The van der Waals surface area contributed by atoms with E-state index >= 15 is 0 Å². The van der Waals surface area contributed by atoms with Gasteiger partial charge in [0.2, 0.25) is 0 Å². The first-order valence-electron chi connectivity index (χ1n) is 6.76. The molecule has 1 aromatic carbocycles. The molecule has 0 unspecified atom stereocenters. The normalized spacial score (nSPS) is 16.3. The maximum atomic E-state index is 11.6. The molecule has 0 atom stereocenters. The van der Waals surface area contributed by atoms with Crippen LogP contribution in [0, 0.1) is 0 Å². The Hall–Kier alpha value is -1.63. The summed E-state index contributed by atoms with van der Waals surface area (Å²) in [6.07, 6.45) is 7.75. The Kier molecular flexibility index (Phi) is 4.14. The largest absolute Gasteiger partial charge is 0.295 e. The number of carbonyl (C=O) groups excluding carboxylic acids is 1. The molecule has 1 aliphatic rings. The summed E-state index contributed by atoms with van der Waals surface area (Å²) in [4.78, 5) is 11.6. The summed E-state index contributed by atoms with van der Waals surface area (Å²) in [6.45, 7) is 4.10. The standard InChI is InChI=1S/C17H20O/c1-3-7-13-10-14-8-5-6-9-15(14)11-16(13)12-17(18)4-2/h5-6,8-10,12H,3-4,7,11H2,1-2H3/b16-12-. The summed E-state index contributed by atoms with van der Waals surface area (Å²) in [5.74, 6) is 0.228. The van der Waals surface area contributed by atoms with Crippen LogP contribution in [0.5, 0.6) is 0 Å². The Morgan fingerprint density at radius 2 is 2.06 bits per heavy atom. The van der Waals surface area contributed by atoms with E-state index in [0.717, 1.165) is 19.3 Å². The molecule has 94 valence electrons. The maximum Gasteiger partial charge on any atom is 0.155 e. The summed E-state index contributed by atoms with van der Waals surface area (Å²) < 4.78 is 0. The molecule has 0 amide bonds. The molecule has 0 heterocycles. The SMILES string of the molecule is CCCC1=Cc2ccccc2C/C1=C/C(=O)CC. The monoisotopic (exact) mass is 240 g/mol. The minimum Gasteiger partial charge on any atom is -0.295 e. The zero-order valence-corrected chi connectivity index (χ0v) is 11.2. The molecule has 0 radical (unpaired) electrons. The van der Waals surface area contributed by atoms with E-state index in [1.807, 2.05) is 13.0 Å². The van der Waals surface area contributed by atoms with Gasteiger partial charge in [0.05, 0.1) is 0 Å². The van der Waals surface area contributed by atoms with Crippen molar-refractivity contribution in [3.05, 3.63) is 52.6 Å². The molecule has 0 saturated carbocycles. The van der Waals surface area contributed by atoms with Crippen molar-refractivity contribution in [3.63, 3.8) is 0 Å². The van der Waals surface area contributed by atoms with Crippen LogP contribution in [0.2, 0.25) is 0 Å². The van der Waals surface area contributed by atoms with E-state index in [2.05, 4.69) is 37.3 Å². The van der Waals surface area contributed by atoms with Gasteiger partial charge >= 0.3 is 0 Å². The van der Waals surface area contributed by atoms with Gasteiger partial charge in [-0.25, -0.2) is 0 Å². The van der Waals surface area contributed by atoms with Crippen LogP contribution in [-0.4, -0.2) is 5.78 Å². The molecule has 0 N–H and O–H groups in total. The molecule has 1 aromatic rings. The van der Waals surface area contributed by atoms with Gasteiger partial charge < -0.3 is 0 Å². The smallest absolute Gasteiger partial charge is 0.155 e. The number of carbonyl (C=O) groups is 1. The predicted octanol–water partition coefficient (Wildman–Crippen LogP) is 4.33. The first-order valence-corrected chi connectivity index (χ1v) is 6.76. The molecular weight excluding hydrogens is 220 g/mol. The van der Waals surface area contributed by atoms with Gasteiger partial charge in [-0.15, -0.1) is 0 Å². The summed E-state index contributed by atoms with van der Waals surface area (Å²) in [5.41, 5.74) is 5.18. The fraction of sp³-hybridized carbons (Fsp3) is 0.353. The van der Waals surface area contributed by atoms with Crippen molar-refractivity contribution in [2.45, 2.75) is 39.5 Å². The highest BCUT2D eigenvalue weighted by atomic mass is 16.1. The second kappa shape index (κ2) is 5.81. The van der Waals surface area contributed by atoms with Crippen LogP contribution in [-0.2, 0) is 11.2 Å². The third-order valence-corrected chi connectivity index (χ3v) is 3.38. The van der Waals surface area contributed by atoms with Crippen molar-refractivity contribution in [1.82, 2.24) is 0 Å². The minimum atomic E-state index is 0.228. The Balaban J connectivity index is 2.39. The van der Waals surface area contributed by atoms with Crippen molar-refractivity contribution in [1.29, 1.82) is 0 Å². The summed E-state index contributed by atoms with van der Waals surface area (Å²) >= 11 is 0. The molecule has 0 fully saturated rings. The number of ketones is 1. The highest BCUT2D eigenvalue weighted by Gasteiger charge is 2.15. The van der Waals surface area contributed by atoms with Crippen molar-refractivity contribution < 1.29 is 4.79 Å². The third-order valence-electron chi connectivity index (χ3n) is 3.38. The number of allylic oxidation sites excluding steroid dienone is 3. The van der Waals surface area contributed by atoms with Crippen LogP contribution in [0.1, 0.15) is 44.2 Å². The van der Waals surface area contributed by atoms with Crippen molar-refractivity contribution in [3.8, 4) is 0 Å². The predicted molar refractivity (Wildman–Crippen MR) is 76.4 cm³/mol. The lowest BCUT2D eigenvalue weighted by atomic mass is 9.85. The van der Waals surface area contributed by atoms with Gasteiger partial charge in [0.15, 0.2) is 5.78 Å². The van der Waals surface area contributed by atoms with E-state index < -0.39 is 0 Å². The highest BCUT2D eigenvalue weighted by Crippen LogP contribution is 2.30. The Labute approximate surface area is 109 Å². The Bertz CT molecular complexity index is 506. The molecular formula is C17H20O. The topological polar surface area (TPSA) is 17.1 Å². The quantitative estimate of drug-likeness (QED) is 0.716. The zero-order chi connectivity index (χ0) is 13.0. The first kappa shape index (κ1) is 12.8. The fourth-order valence-corrected chi connectivity index (χ4v) is 2.38. The lowest BCUT2D eigenvalue weighted by molar-refractivity contribution is -0.114. The lowest BCUT2D eigenvalue weighted by Gasteiger charge is -2.19. The molecule has 1 heteroatoms. The van der Waals surface area contributed by atoms with Crippen molar-refractivity contribution in [2.75, 3.05) is 0 Å². The van der Waals surface area contributed by atoms with Gasteiger partial charge in [0, 0.05) is 6.42 Å². The van der Waals surface area contributed by atoms with E-state index in [0.29, 0.717) is 6.42 Å². The average Bonchev–Trinajstić information content (AvgIpc) is 2.39. The van der Waals surface area contributed by atoms with E-state index in [-0.39, 0.29) is 5.78 Å². The van der Waals surface area contributed by atoms with E-state index in [4.69, 9.17) is 0 Å². The maximum absolute atomic E-state index is 11.6. The van der Waals surface area contributed by atoms with Gasteiger partial charge in [0.1, 0.15) is 0 Å². The Morgan fingerprint density at radius 3 is 2.78 bits per heavy atom. The second-order valence-electron chi connectivity index (χ2n) is 4.78. The lowest BCUT2D eigenvalue weighted by Crippen LogP contribution is -2.05. The highest BCUT2D eigenvalue weighted by molar-refractivity contribution is 5.91. The van der Waals surface area contributed by atoms with Gasteiger partial charge in [-0.3, -0.25) is 4.79 Å². The van der Waals surface area contributed by atoms with Gasteiger partial charge in [-0.2, -0.15) is 0 Å². The molecule has 0 bridgehead atoms. The van der Waals surface area contributed by atoms with Crippen molar-refractivity contribution in [2.24, 2.45) is 0 Å². The van der Waals surface area contributed by atoms with Crippen LogP contribution < -0.4 is 0 Å². The summed E-state index contributed by atoms with van der Waals surface area (Å²) in [6, 6.07) is 8.45. The van der Waals surface area contributed by atoms with Crippen LogP contribution >= 0.6 is 0 Å².